The fourth-order valence-electron chi connectivity index (χ4n) is 0.571. The van der Waals surface area contributed by atoms with Crippen LogP contribution in [-0.4, -0.2) is 4.98 Å². The van der Waals surface area contributed by atoms with E-state index in [1.54, 1.807) is 13.0 Å². The van der Waals surface area contributed by atoms with Gasteiger partial charge >= 0.3 is 0 Å². The number of nitrogens with zero attached hydrogens (tertiary/aromatic N) is 1. The van der Waals surface area contributed by atoms with Crippen LogP contribution >= 0.6 is 15.9 Å². The molecule has 1 aromatic rings. The first-order chi connectivity index (χ1) is 4.61. The highest BCUT2D eigenvalue weighted by molar-refractivity contribution is 9.10. The van der Waals surface area contributed by atoms with E-state index in [9.17, 15) is 4.39 Å². The number of anilines is 1. The summed E-state index contributed by atoms with van der Waals surface area (Å²) < 4.78 is 12.9. The molecule has 0 saturated carbocycles. The quantitative estimate of drug-likeness (QED) is 0.656. The number of aryl methyl sites for hydroxylation is 1. The third kappa shape index (κ3) is 1.26. The van der Waals surface area contributed by atoms with Gasteiger partial charge in [0.1, 0.15) is 5.82 Å². The van der Waals surface area contributed by atoms with E-state index in [1.165, 1.54) is 0 Å². The molecule has 0 saturated heterocycles. The SMILES string of the molecule is Cc1cc(Br)c(F)nc1N. The lowest BCUT2D eigenvalue weighted by molar-refractivity contribution is 0.578. The fraction of sp³-hybridized carbons (Fsp3) is 0.167. The van der Waals surface area contributed by atoms with Crippen LogP contribution in [0.4, 0.5) is 10.2 Å². The van der Waals surface area contributed by atoms with E-state index in [4.69, 9.17) is 5.73 Å². The van der Waals surface area contributed by atoms with Crippen LogP contribution in [0, 0.1) is 12.9 Å². The van der Waals surface area contributed by atoms with Gasteiger partial charge in [0.25, 0.3) is 0 Å². The smallest absolute Gasteiger partial charge is 0.229 e. The van der Waals surface area contributed by atoms with Gasteiger partial charge < -0.3 is 5.73 Å². The number of pyridine rings is 1. The van der Waals surface area contributed by atoms with Crippen molar-refractivity contribution in [3.05, 3.63) is 22.1 Å². The predicted octanol–water partition coefficient (Wildman–Crippen LogP) is 1.87. The molecule has 0 aromatic carbocycles. The van der Waals surface area contributed by atoms with E-state index in [-0.39, 0.29) is 5.82 Å². The van der Waals surface area contributed by atoms with Gasteiger partial charge in [0, 0.05) is 0 Å². The largest absolute Gasteiger partial charge is 0.383 e. The third-order valence-electron chi connectivity index (χ3n) is 1.16. The molecule has 0 aliphatic carbocycles. The molecule has 2 nitrogen and oxygen atoms in total. The first kappa shape index (κ1) is 7.47. The Morgan fingerprint density at radius 3 is 2.80 bits per heavy atom. The van der Waals surface area contributed by atoms with Gasteiger partial charge in [-0.25, -0.2) is 4.98 Å². The van der Waals surface area contributed by atoms with Crippen molar-refractivity contribution >= 4 is 21.7 Å². The van der Waals surface area contributed by atoms with Crippen molar-refractivity contribution in [3.63, 3.8) is 0 Å². The second-order valence-corrected chi connectivity index (χ2v) is 2.82. The molecule has 0 aliphatic rings. The minimum atomic E-state index is -0.567. The molecule has 10 heavy (non-hydrogen) atoms. The van der Waals surface area contributed by atoms with E-state index in [1.807, 2.05) is 0 Å². The highest BCUT2D eigenvalue weighted by Gasteiger charge is 2.02. The van der Waals surface area contributed by atoms with E-state index < -0.39 is 5.95 Å². The number of hydrogen-bond donors (Lipinski definition) is 1. The molecule has 0 unspecified atom stereocenters. The maximum Gasteiger partial charge on any atom is 0.229 e. The summed E-state index contributed by atoms with van der Waals surface area (Å²) in [6.45, 7) is 1.77. The van der Waals surface area contributed by atoms with E-state index >= 15 is 0 Å². The maximum atomic E-state index is 12.5. The minimum absolute atomic E-state index is 0.237. The Labute approximate surface area is 66.4 Å². The lowest BCUT2D eigenvalue weighted by Gasteiger charge is -1.98. The fourth-order valence-corrected chi connectivity index (χ4v) is 1.00. The summed E-state index contributed by atoms with van der Waals surface area (Å²) in [5.41, 5.74) is 6.09. The highest BCUT2D eigenvalue weighted by atomic mass is 79.9. The molecule has 0 spiro atoms. The first-order valence-electron chi connectivity index (χ1n) is 2.69. The zero-order valence-corrected chi connectivity index (χ0v) is 6.94. The van der Waals surface area contributed by atoms with Gasteiger partial charge in [0.2, 0.25) is 5.95 Å². The van der Waals surface area contributed by atoms with Crippen molar-refractivity contribution in [1.82, 2.24) is 4.98 Å². The Hall–Kier alpha value is -0.640. The van der Waals surface area contributed by atoms with Gasteiger partial charge in [-0.15, -0.1) is 0 Å². The zero-order valence-electron chi connectivity index (χ0n) is 5.36. The predicted molar refractivity (Wildman–Crippen MR) is 41.0 cm³/mol. The molecule has 2 N–H and O–H groups in total. The molecule has 0 atom stereocenters. The molecule has 0 amide bonds. The van der Waals surface area contributed by atoms with Crippen LogP contribution in [0.25, 0.3) is 0 Å². The molecular weight excluding hydrogens is 199 g/mol. The monoisotopic (exact) mass is 204 g/mol. The van der Waals surface area contributed by atoms with Crippen molar-refractivity contribution < 1.29 is 4.39 Å². The Bertz CT molecular complexity index is 212. The number of halogens is 2. The summed E-state index contributed by atoms with van der Waals surface area (Å²) in [7, 11) is 0. The molecular formula is C6H6BrFN2. The van der Waals surface area contributed by atoms with Gasteiger partial charge in [-0.1, -0.05) is 0 Å². The van der Waals surface area contributed by atoms with Gasteiger partial charge in [0.05, 0.1) is 4.47 Å². The van der Waals surface area contributed by atoms with Crippen LogP contribution < -0.4 is 5.73 Å². The molecule has 54 valence electrons. The van der Waals surface area contributed by atoms with Gasteiger partial charge in [-0.3, -0.25) is 0 Å². The van der Waals surface area contributed by atoms with Crippen LogP contribution in [0.2, 0.25) is 0 Å². The van der Waals surface area contributed by atoms with Crippen molar-refractivity contribution in [2.75, 3.05) is 5.73 Å². The molecule has 1 rings (SSSR count). The molecule has 0 radical (unpaired) electrons. The summed E-state index contributed by atoms with van der Waals surface area (Å²) in [5.74, 6) is -0.330. The van der Waals surface area contributed by atoms with Crippen LogP contribution in [0.5, 0.6) is 0 Å². The average molecular weight is 205 g/mol. The summed E-state index contributed by atoms with van der Waals surface area (Å²) >= 11 is 2.99. The third-order valence-corrected chi connectivity index (χ3v) is 1.72. The van der Waals surface area contributed by atoms with E-state index in [2.05, 4.69) is 20.9 Å². The van der Waals surface area contributed by atoms with Crippen LogP contribution in [0.15, 0.2) is 10.5 Å². The summed E-state index contributed by atoms with van der Waals surface area (Å²) in [4.78, 5) is 3.44. The van der Waals surface area contributed by atoms with Gasteiger partial charge in [0.15, 0.2) is 0 Å². The van der Waals surface area contributed by atoms with Gasteiger partial charge in [-0.2, -0.15) is 4.39 Å². The lowest BCUT2D eigenvalue weighted by atomic mass is 10.3. The Balaban J connectivity index is 3.28. The van der Waals surface area contributed by atoms with Crippen LogP contribution in [-0.2, 0) is 0 Å². The first-order valence-corrected chi connectivity index (χ1v) is 3.48. The minimum Gasteiger partial charge on any atom is -0.383 e. The Morgan fingerprint density at radius 1 is 1.70 bits per heavy atom. The molecule has 0 bridgehead atoms. The summed E-state index contributed by atoms with van der Waals surface area (Å²) in [6.07, 6.45) is 0. The van der Waals surface area contributed by atoms with Crippen molar-refractivity contribution in [2.45, 2.75) is 6.92 Å². The molecule has 0 fully saturated rings. The van der Waals surface area contributed by atoms with Crippen LogP contribution in [0.3, 0.4) is 0 Å². The molecule has 1 heterocycles. The zero-order chi connectivity index (χ0) is 7.72. The van der Waals surface area contributed by atoms with Crippen LogP contribution in [0.1, 0.15) is 5.56 Å². The standard InChI is InChI=1S/C6H6BrFN2/c1-3-2-4(7)5(8)10-6(3)9/h2H,1H3,(H2,9,10). The second kappa shape index (κ2) is 2.54. The molecule has 1 aromatic heterocycles. The Kier molecular flexibility index (Phi) is 1.89. The normalized spacial score (nSPS) is 9.90. The number of rotatable bonds is 0. The number of aromatic nitrogens is 1. The average Bonchev–Trinajstić information content (AvgIpc) is 1.84. The second-order valence-electron chi connectivity index (χ2n) is 1.96. The number of nitrogen functional groups attached to an aromatic ring is 1. The Morgan fingerprint density at radius 2 is 2.30 bits per heavy atom. The van der Waals surface area contributed by atoms with Crippen molar-refractivity contribution in [2.24, 2.45) is 0 Å². The maximum absolute atomic E-state index is 12.5. The summed E-state index contributed by atoms with van der Waals surface area (Å²) in [5, 5.41) is 0. The van der Waals surface area contributed by atoms with E-state index in [0.717, 1.165) is 5.56 Å². The summed E-state index contributed by atoms with van der Waals surface area (Å²) in [6, 6.07) is 1.59. The number of hydrogen-bond acceptors (Lipinski definition) is 2. The van der Waals surface area contributed by atoms with E-state index in [0.29, 0.717) is 4.47 Å². The molecule has 0 aliphatic heterocycles. The number of nitrogens with two attached hydrogens (primary N) is 1. The molecule has 4 heteroatoms. The van der Waals surface area contributed by atoms with Gasteiger partial charge in [-0.05, 0) is 34.5 Å². The highest BCUT2D eigenvalue weighted by Crippen LogP contribution is 2.17. The lowest BCUT2D eigenvalue weighted by Crippen LogP contribution is -1.96. The topological polar surface area (TPSA) is 38.9 Å². The van der Waals surface area contributed by atoms with Crippen molar-refractivity contribution in [1.29, 1.82) is 0 Å². The van der Waals surface area contributed by atoms with Crippen molar-refractivity contribution in [3.8, 4) is 0 Å².